The largest absolute Gasteiger partial charge is 0.356 e. The fourth-order valence-corrected chi connectivity index (χ4v) is 6.40. The number of amides is 4. The van der Waals surface area contributed by atoms with Crippen LogP contribution in [0.5, 0.6) is 0 Å². The molecular formula is C34H27ClN4O3. The molecule has 0 saturated carbocycles. The number of benzene rings is 4. The molecule has 2 aliphatic heterocycles. The van der Waals surface area contributed by atoms with Crippen LogP contribution < -0.4 is 10.2 Å². The molecule has 3 heterocycles. The van der Waals surface area contributed by atoms with Crippen LogP contribution in [0.4, 0.5) is 16.2 Å². The van der Waals surface area contributed by atoms with Crippen LogP contribution in [0.3, 0.4) is 0 Å². The van der Waals surface area contributed by atoms with Gasteiger partial charge in [0.2, 0.25) is 0 Å². The number of rotatable bonds is 5. The maximum atomic E-state index is 14.3. The van der Waals surface area contributed by atoms with E-state index in [2.05, 4.69) is 17.2 Å². The van der Waals surface area contributed by atoms with E-state index in [1.54, 1.807) is 35.2 Å². The third-order valence-corrected chi connectivity index (χ3v) is 8.46. The number of nitrogens with one attached hydrogen (secondary N) is 2. The second-order valence-corrected chi connectivity index (χ2v) is 11.1. The summed E-state index contributed by atoms with van der Waals surface area (Å²) in [6.45, 7) is 2.07. The van der Waals surface area contributed by atoms with E-state index in [4.69, 9.17) is 11.6 Å². The zero-order chi connectivity index (χ0) is 29.0. The van der Waals surface area contributed by atoms with Crippen LogP contribution in [-0.2, 0) is 17.6 Å². The maximum Gasteiger partial charge on any atom is 0.332 e. The summed E-state index contributed by atoms with van der Waals surface area (Å²) in [5, 5.41) is 4.47. The smallest absolute Gasteiger partial charge is 0.332 e. The minimum atomic E-state index is -0.745. The van der Waals surface area contributed by atoms with Crippen LogP contribution in [-0.4, -0.2) is 33.8 Å². The van der Waals surface area contributed by atoms with Gasteiger partial charge in [0.15, 0.2) is 0 Å². The zero-order valence-electron chi connectivity index (χ0n) is 22.8. The van der Waals surface area contributed by atoms with Crippen LogP contribution in [0.2, 0.25) is 5.02 Å². The fourth-order valence-electron chi connectivity index (χ4n) is 6.20. The monoisotopic (exact) mass is 574 g/mol. The summed E-state index contributed by atoms with van der Waals surface area (Å²) in [6, 6.07) is 27.9. The van der Waals surface area contributed by atoms with Crippen LogP contribution >= 0.6 is 11.6 Å². The van der Waals surface area contributed by atoms with E-state index in [1.807, 2.05) is 66.7 Å². The van der Waals surface area contributed by atoms with Gasteiger partial charge in [0, 0.05) is 33.7 Å². The van der Waals surface area contributed by atoms with E-state index in [-0.39, 0.29) is 17.2 Å². The first kappa shape index (κ1) is 26.0. The van der Waals surface area contributed by atoms with Gasteiger partial charge in [-0.3, -0.25) is 14.5 Å². The van der Waals surface area contributed by atoms with E-state index in [0.29, 0.717) is 17.1 Å². The van der Waals surface area contributed by atoms with Crippen molar-refractivity contribution < 1.29 is 14.4 Å². The predicted octanol–water partition coefficient (Wildman–Crippen LogP) is 7.12. The number of imide groups is 1. The van der Waals surface area contributed by atoms with Crippen molar-refractivity contribution in [2.24, 2.45) is 0 Å². The highest BCUT2D eigenvalue weighted by Gasteiger charge is 2.53. The Morgan fingerprint density at radius 2 is 1.71 bits per heavy atom. The van der Waals surface area contributed by atoms with Crippen LogP contribution in [0.1, 0.15) is 45.7 Å². The molecule has 5 aromatic rings. The second-order valence-electron chi connectivity index (χ2n) is 10.6. The van der Waals surface area contributed by atoms with Crippen LogP contribution in [0.15, 0.2) is 97.1 Å². The molecule has 4 aromatic carbocycles. The lowest BCUT2D eigenvalue weighted by molar-refractivity contribution is -0.120. The fraction of sp³-hybridized carbons (Fsp3) is 0.147. The molecule has 1 fully saturated rings. The molecule has 4 amide bonds. The number of halogens is 1. The minimum Gasteiger partial charge on any atom is -0.356 e. The number of aromatic nitrogens is 1. The van der Waals surface area contributed by atoms with Gasteiger partial charge in [-0.25, -0.2) is 9.69 Å². The van der Waals surface area contributed by atoms with Crippen molar-refractivity contribution in [3.05, 3.63) is 130 Å². The average molecular weight is 575 g/mol. The Morgan fingerprint density at radius 1 is 0.952 bits per heavy atom. The van der Waals surface area contributed by atoms with Gasteiger partial charge in [-0.2, -0.15) is 0 Å². The first-order chi connectivity index (χ1) is 20.4. The zero-order valence-corrected chi connectivity index (χ0v) is 23.6. The first-order valence-electron chi connectivity index (χ1n) is 13.9. The Hall–Kier alpha value is -4.88. The summed E-state index contributed by atoms with van der Waals surface area (Å²) < 4.78 is 0. The Morgan fingerprint density at radius 3 is 2.50 bits per heavy atom. The molecule has 0 bridgehead atoms. The van der Waals surface area contributed by atoms with Crippen molar-refractivity contribution in [2.75, 3.05) is 10.2 Å². The van der Waals surface area contributed by atoms with Gasteiger partial charge >= 0.3 is 6.03 Å². The Labute approximate surface area is 247 Å². The third-order valence-electron chi connectivity index (χ3n) is 8.22. The van der Waals surface area contributed by atoms with Gasteiger partial charge in [-0.1, -0.05) is 73.1 Å². The summed E-state index contributed by atoms with van der Waals surface area (Å²) >= 11 is 6.41. The van der Waals surface area contributed by atoms with E-state index < -0.39 is 24.0 Å². The summed E-state index contributed by atoms with van der Waals surface area (Å²) in [4.78, 5) is 48.3. The third kappa shape index (κ3) is 4.16. The van der Waals surface area contributed by atoms with Crippen LogP contribution in [0, 0.1) is 0 Å². The van der Waals surface area contributed by atoms with Gasteiger partial charge in [0.05, 0.1) is 11.3 Å². The van der Waals surface area contributed by atoms with E-state index >= 15 is 0 Å². The Kier molecular flexibility index (Phi) is 6.32. The van der Waals surface area contributed by atoms with Gasteiger partial charge < -0.3 is 10.3 Å². The molecule has 208 valence electrons. The summed E-state index contributed by atoms with van der Waals surface area (Å²) in [5.41, 5.74) is 5.89. The minimum absolute atomic E-state index is 0.238. The number of anilines is 2. The number of para-hydroxylation sites is 2. The Bertz CT molecular complexity index is 1880. The number of H-pyrrole nitrogens is 1. The number of aryl methyl sites for hydroxylation is 1. The molecule has 8 heteroatoms. The van der Waals surface area contributed by atoms with Crippen molar-refractivity contribution in [3.63, 3.8) is 0 Å². The van der Waals surface area contributed by atoms with Crippen molar-refractivity contribution in [1.82, 2.24) is 9.88 Å². The molecular weight excluding hydrogens is 548 g/mol. The number of nitrogens with zero attached hydrogens (tertiary/aromatic N) is 2. The van der Waals surface area contributed by atoms with Crippen molar-refractivity contribution in [3.8, 4) is 0 Å². The molecule has 2 aliphatic rings. The highest BCUT2D eigenvalue weighted by atomic mass is 35.5. The summed E-state index contributed by atoms with van der Waals surface area (Å²) in [7, 11) is 0. The van der Waals surface area contributed by atoms with Crippen molar-refractivity contribution in [1.29, 1.82) is 0 Å². The maximum absolute atomic E-state index is 14.3. The highest BCUT2D eigenvalue weighted by molar-refractivity contribution is 6.30. The molecule has 1 saturated heterocycles. The number of carbonyl (C=O) groups is 3. The molecule has 2 N–H and O–H groups in total. The van der Waals surface area contributed by atoms with Crippen molar-refractivity contribution in [2.45, 2.75) is 31.8 Å². The first-order valence-corrected chi connectivity index (χ1v) is 14.3. The van der Waals surface area contributed by atoms with Crippen LogP contribution in [0.25, 0.3) is 10.9 Å². The second kappa shape index (κ2) is 10.2. The van der Waals surface area contributed by atoms with E-state index in [1.165, 1.54) is 0 Å². The van der Waals surface area contributed by atoms with Crippen molar-refractivity contribution >= 4 is 51.7 Å². The lowest BCUT2D eigenvalue weighted by Gasteiger charge is -2.36. The lowest BCUT2D eigenvalue weighted by atomic mass is 9.89. The van der Waals surface area contributed by atoms with Gasteiger partial charge in [-0.15, -0.1) is 0 Å². The highest BCUT2D eigenvalue weighted by Crippen LogP contribution is 2.45. The number of carbonyl (C=O) groups excluding carboxylic acids is 3. The quantitative estimate of drug-likeness (QED) is 0.219. The van der Waals surface area contributed by atoms with E-state index in [9.17, 15) is 14.4 Å². The number of aromatic amines is 1. The molecule has 0 radical (unpaired) electrons. The SMILES string of the molecule is CCc1ccc(NC(=O)c2ccccc2N2C(=O)[C@@H]3Cc4c([nH]c5ccccc45)[C@@H](c4cccc(Cl)c4)N3C2=O)cc1. The molecule has 0 aliphatic carbocycles. The topological polar surface area (TPSA) is 85.5 Å². The lowest BCUT2D eigenvalue weighted by Crippen LogP contribution is -2.44. The van der Waals surface area contributed by atoms with E-state index in [0.717, 1.165) is 44.6 Å². The van der Waals surface area contributed by atoms with Gasteiger partial charge in [-0.05, 0) is 65.6 Å². The number of hydrogen-bond acceptors (Lipinski definition) is 3. The predicted molar refractivity (Wildman–Crippen MR) is 164 cm³/mol. The summed E-state index contributed by atoms with van der Waals surface area (Å²) in [5.74, 6) is -0.765. The molecule has 42 heavy (non-hydrogen) atoms. The molecule has 0 unspecified atom stereocenters. The number of urea groups is 1. The number of hydrogen-bond donors (Lipinski definition) is 2. The molecule has 7 rings (SSSR count). The molecule has 7 nitrogen and oxygen atoms in total. The summed E-state index contributed by atoms with van der Waals surface area (Å²) in [6.07, 6.45) is 1.25. The molecule has 2 atom stereocenters. The standard InChI is InChI=1S/C34H27ClN4O3/c1-2-20-14-16-23(17-15-20)36-32(40)25-11-4-6-13-28(25)39-33(41)29-19-26-24-10-3-5-12-27(24)37-30(26)31(38(29)34(39)42)21-8-7-9-22(35)18-21/h3-18,29,31,37H,2,19H2,1H3,(H,36,40)/t29-,31+/m0/s1. The normalized spacial score (nSPS) is 17.9. The average Bonchev–Trinajstić information content (AvgIpc) is 3.50. The van der Waals surface area contributed by atoms with Gasteiger partial charge in [0.25, 0.3) is 11.8 Å². The molecule has 1 aromatic heterocycles. The molecule has 0 spiro atoms. The Balaban J connectivity index is 1.30. The number of fused-ring (bicyclic) bond motifs is 4. The van der Waals surface area contributed by atoms with Gasteiger partial charge in [0.1, 0.15) is 12.1 Å².